The quantitative estimate of drug-likeness (QED) is 0.443. The van der Waals surface area contributed by atoms with Gasteiger partial charge >= 0.3 is 0 Å². The summed E-state index contributed by atoms with van der Waals surface area (Å²) < 4.78 is 19.0. The van der Waals surface area contributed by atoms with Crippen LogP contribution in [0.3, 0.4) is 0 Å². The first-order valence-electron chi connectivity index (χ1n) is 8.97. The fraction of sp³-hybridized carbons (Fsp3) is 0.0435. The van der Waals surface area contributed by atoms with E-state index >= 15 is 0 Å². The Morgan fingerprint density at radius 3 is 2.48 bits per heavy atom. The number of carbonyl (C=O) groups excluding carboxylic acids is 1. The summed E-state index contributed by atoms with van der Waals surface area (Å²) in [5, 5.41) is 5.55. The summed E-state index contributed by atoms with van der Waals surface area (Å²) in [6, 6.07) is 22.6. The number of rotatable bonds is 6. The maximum Gasteiger partial charge on any atom is 0.259 e. The summed E-state index contributed by atoms with van der Waals surface area (Å²) in [6.45, 7) is 0.229. The van der Waals surface area contributed by atoms with E-state index in [1.54, 1.807) is 30.3 Å². The van der Waals surface area contributed by atoms with Crippen LogP contribution in [-0.2, 0) is 6.61 Å². The van der Waals surface area contributed by atoms with Crippen LogP contribution in [0.4, 0.5) is 10.1 Å². The van der Waals surface area contributed by atoms with Crippen molar-refractivity contribution in [2.45, 2.75) is 6.61 Å². The van der Waals surface area contributed by atoms with Gasteiger partial charge in [-0.25, -0.2) is 9.37 Å². The van der Waals surface area contributed by atoms with E-state index in [4.69, 9.17) is 4.74 Å². The molecule has 144 valence electrons. The summed E-state index contributed by atoms with van der Waals surface area (Å²) in [5.74, 6) is -0.0337. The molecule has 4 nitrogen and oxygen atoms in total. The Morgan fingerprint density at radius 1 is 0.966 bits per heavy atom. The lowest BCUT2D eigenvalue weighted by atomic mass is 10.2. The van der Waals surface area contributed by atoms with Gasteiger partial charge in [-0.3, -0.25) is 4.79 Å². The van der Waals surface area contributed by atoms with Gasteiger partial charge in [-0.05, 0) is 48.5 Å². The number of para-hydroxylation sites is 2. The lowest BCUT2D eigenvalue weighted by Crippen LogP contribution is -2.13. The van der Waals surface area contributed by atoms with Crippen molar-refractivity contribution in [3.8, 4) is 16.3 Å². The average molecular weight is 404 g/mol. The highest BCUT2D eigenvalue weighted by Gasteiger charge is 2.13. The molecule has 1 amide bonds. The molecule has 0 unspecified atom stereocenters. The highest BCUT2D eigenvalue weighted by molar-refractivity contribution is 7.13. The molecule has 0 aliphatic carbocycles. The third-order valence-corrected chi connectivity index (χ3v) is 5.12. The number of ether oxygens (including phenoxy) is 1. The molecule has 0 fully saturated rings. The van der Waals surface area contributed by atoms with Crippen molar-refractivity contribution < 1.29 is 13.9 Å². The van der Waals surface area contributed by atoms with Gasteiger partial charge in [-0.15, -0.1) is 11.3 Å². The molecule has 6 heteroatoms. The number of nitrogens with zero attached hydrogens (tertiary/aromatic N) is 1. The fourth-order valence-corrected chi connectivity index (χ4v) is 3.56. The van der Waals surface area contributed by atoms with Gasteiger partial charge in [0.15, 0.2) is 0 Å². The molecule has 4 rings (SSSR count). The molecular weight excluding hydrogens is 387 g/mol. The Hall–Kier alpha value is -3.51. The average Bonchev–Trinajstić information content (AvgIpc) is 3.23. The number of hydrogen-bond acceptors (Lipinski definition) is 4. The minimum absolute atomic E-state index is 0.229. The smallest absolute Gasteiger partial charge is 0.259 e. The first-order chi connectivity index (χ1) is 14.2. The topological polar surface area (TPSA) is 51.2 Å². The molecule has 0 saturated heterocycles. The van der Waals surface area contributed by atoms with Crippen LogP contribution in [0.5, 0.6) is 5.75 Å². The Labute approximate surface area is 171 Å². The van der Waals surface area contributed by atoms with Gasteiger partial charge in [-0.1, -0.05) is 30.3 Å². The Kier molecular flexibility index (Phi) is 5.63. The molecule has 0 radical (unpaired) electrons. The molecule has 0 bridgehead atoms. The number of carbonyl (C=O) groups is 1. The molecule has 0 aliphatic rings. The van der Waals surface area contributed by atoms with Crippen molar-refractivity contribution in [3.05, 3.63) is 101 Å². The van der Waals surface area contributed by atoms with Gasteiger partial charge in [0.25, 0.3) is 5.91 Å². The molecule has 0 aliphatic heterocycles. The molecule has 3 aromatic carbocycles. The van der Waals surface area contributed by atoms with E-state index in [0.29, 0.717) is 11.3 Å². The normalized spacial score (nSPS) is 10.5. The van der Waals surface area contributed by atoms with Gasteiger partial charge in [0.1, 0.15) is 23.2 Å². The van der Waals surface area contributed by atoms with E-state index < -0.39 is 0 Å². The first kappa shape index (κ1) is 18.8. The number of benzene rings is 3. The second kappa shape index (κ2) is 8.67. The van der Waals surface area contributed by atoms with Gasteiger partial charge in [0.2, 0.25) is 0 Å². The second-order valence-corrected chi connectivity index (χ2v) is 7.11. The lowest BCUT2D eigenvalue weighted by Gasteiger charge is -2.11. The van der Waals surface area contributed by atoms with E-state index in [1.807, 2.05) is 41.8 Å². The van der Waals surface area contributed by atoms with Gasteiger partial charge in [-0.2, -0.15) is 0 Å². The summed E-state index contributed by atoms with van der Waals surface area (Å²) in [7, 11) is 0. The highest BCUT2D eigenvalue weighted by Crippen LogP contribution is 2.25. The van der Waals surface area contributed by atoms with Crippen LogP contribution in [0.25, 0.3) is 10.6 Å². The minimum Gasteiger partial charge on any atom is -0.486 e. The highest BCUT2D eigenvalue weighted by atomic mass is 32.1. The fourth-order valence-electron chi connectivity index (χ4n) is 2.75. The van der Waals surface area contributed by atoms with Gasteiger partial charge in [0.05, 0.1) is 11.3 Å². The number of anilines is 1. The minimum atomic E-state index is -0.278. The largest absolute Gasteiger partial charge is 0.486 e. The van der Waals surface area contributed by atoms with Crippen LogP contribution in [0.1, 0.15) is 16.1 Å². The molecule has 1 aromatic heterocycles. The number of aromatic nitrogens is 1. The van der Waals surface area contributed by atoms with Crippen LogP contribution in [0, 0.1) is 5.82 Å². The van der Waals surface area contributed by atoms with E-state index in [0.717, 1.165) is 22.0 Å². The number of thiazole rings is 1. The Bertz CT molecular complexity index is 1110. The van der Waals surface area contributed by atoms with Crippen LogP contribution in [-0.4, -0.2) is 10.9 Å². The zero-order valence-electron chi connectivity index (χ0n) is 15.3. The molecule has 29 heavy (non-hydrogen) atoms. The van der Waals surface area contributed by atoms with Crippen molar-refractivity contribution in [2.75, 3.05) is 5.32 Å². The third-order valence-electron chi connectivity index (χ3n) is 4.18. The third kappa shape index (κ3) is 4.67. The van der Waals surface area contributed by atoms with E-state index in [1.165, 1.54) is 23.5 Å². The van der Waals surface area contributed by atoms with Gasteiger partial charge < -0.3 is 10.1 Å². The zero-order chi connectivity index (χ0) is 20.1. The monoisotopic (exact) mass is 404 g/mol. The van der Waals surface area contributed by atoms with Crippen molar-refractivity contribution in [1.82, 2.24) is 4.98 Å². The maximum absolute atomic E-state index is 13.1. The maximum atomic E-state index is 13.1. The Morgan fingerprint density at radius 2 is 1.69 bits per heavy atom. The first-order valence-corrected chi connectivity index (χ1v) is 9.85. The van der Waals surface area contributed by atoms with Crippen LogP contribution < -0.4 is 10.1 Å². The molecule has 0 saturated carbocycles. The molecule has 4 aromatic rings. The summed E-state index contributed by atoms with van der Waals surface area (Å²) in [5.41, 5.74) is 2.76. The predicted molar refractivity (Wildman–Crippen MR) is 113 cm³/mol. The van der Waals surface area contributed by atoms with Crippen LogP contribution in [0.15, 0.2) is 84.2 Å². The summed E-state index contributed by atoms with van der Waals surface area (Å²) >= 11 is 1.46. The molecule has 1 heterocycles. The lowest BCUT2D eigenvalue weighted by molar-refractivity contribution is 0.102. The number of nitrogens with one attached hydrogen (secondary N) is 1. The Balaban J connectivity index is 1.45. The molecule has 1 N–H and O–H groups in total. The predicted octanol–water partition coefficient (Wildman–Crippen LogP) is 5.78. The summed E-state index contributed by atoms with van der Waals surface area (Å²) in [4.78, 5) is 17.2. The van der Waals surface area contributed by atoms with Crippen molar-refractivity contribution in [2.24, 2.45) is 0 Å². The number of halogens is 1. The van der Waals surface area contributed by atoms with Gasteiger partial charge in [0, 0.05) is 16.6 Å². The van der Waals surface area contributed by atoms with E-state index in [-0.39, 0.29) is 18.3 Å². The summed E-state index contributed by atoms with van der Waals surface area (Å²) in [6.07, 6.45) is 0. The number of hydrogen-bond donors (Lipinski definition) is 1. The van der Waals surface area contributed by atoms with E-state index in [2.05, 4.69) is 10.3 Å². The molecule has 0 atom stereocenters. The number of amides is 1. The second-order valence-electron chi connectivity index (χ2n) is 6.26. The SMILES string of the molecule is O=C(Nc1ccccc1)c1ccccc1OCc1csc(-c2ccc(F)cc2)n1. The zero-order valence-corrected chi connectivity index (χ0v) is 16.2. The van der Waals surface area contributed by atoms with Crippen molar-refractivity contribution >= 4 is 22.9 Å². The molecule has 0 spiro atoms. The van der Waals surface area contributed by atoms with Crippen LogP contribution in [0.2, 0.25) is 0 Å². The van der Waals surface area contributed by atoms with E-state index in [9.17, 15) is 9.18 Å². The van der Waals surface area contributed by atoms with Crippen molar-refractivity contribution in [3.63, 3.8) is 0 Å². The van der Waals surface area contributed by atoms with Crippen molar-refractivity contribution in [1.29, 1.82) is 0 Å². The van der Waals surface area contributed by atoms with Crippen LogP contribution >= 0.6 is 11.3 Å². The molecular formula is C23H17FN2O2S. The standard InChI is InChI=1S/C23H17FN2O2S/c24-17-12-10-16(11-13-17)23-26-19(15-29-23)14-28-21-9-5-4-8-20(21)22(27)25-18-6-2-1-3-7-18/h1-13,15H,14H2,(H,25,27).